The monoisotopic (exact) mass is 236 g/mol. The molecule has 1 heterocycles. The Morgan fingerprint density at radius 3 is 2.87 bits per heavy atom. The van der Waals surface area contributed by atoms with Gasteiger partial charge < -0.3 is 15.0 Å². The van der Waals surface area contributed by atoms with Crippen molar-refractivity contribution in [1.29, 1.82) is 0 Å². The standard InChI is InChI=1S/C10H20N2O2.ClH/c1-3-4-6-12(2)10(13)9-8-14-7-5-11-9;/h9,11H,3-8H2,1-2H3;1H. The molecule has 15 heavy (non-hydrogen) atoms. The number of nitrogens with one attached hydrogen (secondary N) is 1. The molecule has 1 aliphatic heterocycles. The summed E-state index contributed by atoms with van der Waals surface area (Å²) in [6.07, 6.45) is 2.18. The SMILES string of the molecule is CCCCN(C)C(=O)C1COCCN1.Cl. The van der Waals surface area contributed by atoms with Gasteiger partial charge in [-0.2, -0.15) is 0 Å². The highest BCUT2D eigenvalue weighted by Gasteiger charge is 2.23. The van der Waals surface area contributed by atoms with E-state index >= 15 is 0 Å². The van der Waals surface area contributed by atoms with E-state index < -0.39 is 0 Å². The molecular weight excluding hydrogens is 216 g/mol. The number of carbonyl (C=O) groups is 1. The number of amides is 1. The van der Waals surface area contributed by atoms with Crippen LogP contribution in [0.4, 0.5) is 0 Å². The van der Waals surface area contributed by atoms with Crippen LogP contribution in [0.25, 0.3) is 0 Å². The summed E-state index contributed by atoms with van der Waals surface area (Å²) >= 11 is 0. The Morgan fingerprint density at radius 2 is 2.33 bits per heavy atom. The molecule has 0 aliphatic carbocycles. The average Bonchev–Trinajstić information content (AvgIpc) is 2.26. The fourth-order valence-electron chi connectivity index (χ4n) is 1.50. The summed E-state index contributed by atoms with van der Waals surface area (Å²) in [6.45, 7) is 4.96. The summed E-state index contributed by atoms with van der Waals surface area (Å²) in [6, 6.07) is -0.134. The zero-order valence-corrected chi connectivity index (χ0v) is 10.3. The van der Waals surface area contributed by atoms with Crippen molar-refractivity contribution in [3.8, 4) is 0 Å². The van der Waals surface area contributed by atoms with Crippen molar-refractivity contribution in [3.63, 3.8) is 0 Å². The van der Waals surface area contributed by atoms with Gasteiger partial charge in [0, 0.05) is 20.1 Å². The predicted octanol–water partition coefficient (Wildman–Crippen LogP) is 0.655. The molecule has 1 amide bonds. The third kappa shape index (κ3) is 4.82. The zero-order valence-electron chi connectivity index (χ0n) is 9.49. The van der Waals surface area contributed by atoms with Gasteiger partial charge in [0.15, 0.2) is 0 Å². The van der Waals surface area contributed by atoms with Crippen molar-refractivity contribution in [3.05, 3.63) is 0 Å². The molecule has 1 rings (SSSR count). The van der Waals surface area contributed by atoms with E-state index in [0.717, 1.165) is 25.9 Å². The van der Waals surface area contributed by atoms with E-state index in [1.54, 1.807) is 4.90 Å². The van der Waals surface area contributed by atoms with E-state index in [4.69, 9.17) is 4.74 Å². The summed E-state index contributed by atoms with van der Waals surface area (Å²) in [5, 5.41) is 3.16. The lowest BCUT2D eigenvalue weighted by molar-refractivity contribution is -0.135. The number of rotatable bonds is 4. The minimum atomic E-state index is -0.134. The summed E-state index contributed by atoms with van der Waals surface area (Å²) in [7, 11) is 1.86. The van der Waals surface area contributed by atoms with Crippen molar-refractivity contribution in [2.24, 2.45) is 0 Å². The highest BCUT2D eigenvalue weighted by atomic mass is 35.5. The van der Waals surface area contributed by atoms with Crippen molar-refractivity contribution in [2.75, 3.05) is 33.4 Å². The number of morpholine rings is 1. The van der Waals surface area contributed by atoms with Crippen LogP contribution in [0.1, 0.15) is 19.8 Å². The van der Waals surface area contributed by atoms with Gasteiger partial charge in [-0.05, 0) is 6.42 Å². The molecule has 0 spiro atoms. The molecule has 1 saturated heterocycles. The van der Waals surface area contributed by atoms with E-state index in [1.807, 2.05) is 7.05 Å². The first-order valence-electron chi connectivity index (χ1n) is 5.31. The Hall–Kier alpha value is -0.320. The maximum Gasteiger partial charge on any atom is 0.241 e. The highest BCUT2D eigenvalue weighted by Crippen LogP contribution is 2.00. The van der Waals surface area contributed by atoms with Crippen LogP contribution >= 0.6 is 12.4 Å². The minimum absolute atomic E-state index is 0. The number of hydrogen-bond donors (Lipinski definition) is 1. The summed E-state index contributed by atoms with van der Waals surface area (Å²) in [5.74, 6) is 0.151. The molecule has 0 aromatic heterocycles. The zero-order chi connectivity index (χ0) is 10.4. The third-order valence-electron chi connectivity index (χ3n) is 2.44. The van der Waals surface area contributed by atoms with Gasteiger partial charge in [-0.3, -0.25) is 4.79 Å². The van der Waals surface area contributed by atoms with Crippen molar-refractivity contribution >= 4 is 18.3 Å². The van der Waals surface area contributed by atoms with Gasteiger partial charge in [0.05, 0.1) is 13.2 Å². The lowest BCUT2D eigenvalue weighted by Gasteiger charge is -2.27. The smallest absolute Gasteiger partial charge is 0.241 e. The molecule has 0 aromatic carbocycles. The Morgan fingerprint density at radius 1 is 1.60 bits per heavy atom. The van der Waals surface area contributed by atoms with Gasteiger partial charge in [0.25, 0.3) is 0 Å². The van der Waals surface area contributed by atoms with Gasteiger partial charge in [0.1, 0.15) is 6.04 Å². The van der Waals surface area contributed by atoms with Crippen molar-refractivity contribution in [2.45, 2.75) is 25.8 Å². The second-order valence-corrected chi connectivity index (χ2v) is 3.69. The van der Waals surface area contributed by atoms with Crippen LogP contribution in [0, 0.1) is 0 Å². The molecule has 1 unspecified atom stereocenters. The van der Waals surface area contributed by atoms with Crippen LogP contribution in [0.15, 0.2) is 0 Å². The number of ether oxygens (including phenoxy) is 1. The molecule has 1 N–H and O–H groups in total. The molecule has 0 aromatic rings. The maximum absolute atomic E-state index is 11.8. The molecule has 0 bridgehead atoms. The summed E-state index contributed by atoms with van der Waals surface area (Å²) in [4.78, 5) is 13.6. The fourth-order valence-corrected chi connectivity index (χ4v) is 1.50. The van der Waals surface area contributed by atoms with Crippen LogP contribution in [-0.2, 0) is 9.53 Å². The fraction of sp³-hybridized carbons (Fsp3) is 0.900. The Bertz CT molecular complexity index is 184. The van der Waals surface area contributed by atoms with E-state index in [1.165, 1.54) is 0 Å². The van der Waals surface area contributed by atoms with Crippen LogP contribution in [0.3, 0.4) is 0 Å². The normalized spacial score (nSPS) is 20.5. The first-order valence-corrected chi connectivity index (χ1v) is 5.31. The van der Waals surface area contributed by atoms with E-state index in [2.05, 4.69) is 12.2 Å². The molecular formula is C10H21ClN2O2. The van der Waals surface area contributed by atoms with E-state index in [0.29, 0.717) is 13.2 Å². The molecule has 1 atom stereocenters. The molecule has 1 aliphatic rings. The maximum atomic E-state index is 11.8. The van der Waals surface area contributed by atoms with Gasteiger partial charge in [-0.15, -0.1) is 12.4 Å². The second-order valence-electron chi connectivity index (χ2n) is 3.69. The third-order valence-corrected chi connectivity index (χ3v) is 2.44. The topological polar surface area (TPSA) is 41.6 Å². The Kier molecular flexibility index (Phi) is 7.74. The van der Waals surface area contributed by atoms with E-state index in [9.17, 15) is 4.79 Å². The lowest BCUT2D eigenvalue weighted by atomic mass is 10.2. The van der Waals surface area contributed by atoms with Crippen molar-refractivity contribution < 1.29 is 9.53 Å². The van der Waals surface area contributed by atoms with Crippen LogP contribution < -0.4 is 5.32 Å². The first-order chi connectivity index (χ1) is 6.75. The summed E-state index contributed by atoms with van der Waals surface area (Å²) in [5.41, 5.74) is 0. The molecule has 0 radical (unpaired) electrons. The number of halogens is 1. The van der Waals surface area contributed by atoms with Crippen LogP contribution in [0.5, 0.6) is 0 Å². The first kappa shape index (κ1) is 14.7. The van der Waals surface area contributed by atoms with E-state index in [-0.39, 0.29) is 24.4 Å². The van der Waals surface area contributed by atoms with Gasteiger partial charge in [0.2, 0.25) is 5.91 Å². The molecule has 4 nitrogen and oxygen atoms in total. The average molecular weight is 237 g/mol. The largest absolute Gasteiger partial charge is 0.378 e. The van der Waals surface area contributed by atoms with Gasteiger partial charge in [-0.1, -0.05) is 13.3 Å². The number of hydrogen-bond acceptors (Lipinski definition) is 3. The minimum Gasteiger partial charge on any atom is -0.378 e. The second kappa shape index (κ2) is 7.91. The van der Waals surface area contributed by atoms with Gasteiger partial charge >= 0.3 is 0 Å². The lowest BCUT2D eigenvalue weighted by Crippen LogP contribution is -2.51. The Labute approximate surface area is 97.8 Å². The molecule has 5 heteroatoms. The van der Waals surface area contributed by atoms with Crippen molar-refractivity contribution in [1.82, 2.24) is 10.2 Å². The quantitative estimate of drug-likeness (QED) is 0.780. The predicted molar refractivity (Wildman–Crippen MR) is 62.4 cm³/mol. The number of nitrogens with zero attached hydrogens (tertiary/aromatic N) is 1. The number of likely N-dealkylation sites (N-methyl/N-ethyl adjacent to an activating group) is 1. The molecule has 0 saturated carbocycles. The summed E-state index contributed by atoms with van der Waals surface area (Å²) < 4.78 is 5.25. The highest BCUT2D eigenvalue weighted by molar-refractivity contribution is 5.85. The molecule has 1 fully saturated rings. The van der Waals surface area contributed by atoms with Crippen LogP contribution in [0.2, 0.25) is 0 Å². The molecule has 90 valence electrons. The number of carbonyl (C=O) groups excluding carboxylic acids is 1. The Balaban J connectivity index is 0.00000196. The van der Waals surface area contributed by atoms with Gasteiger partial charge in [-0.25, -0.2) is 0 Å². The number of unbranched alkanes of at least 4 members (excludes halogenated alkanes) is 1. The van der Waals surface area contributed by atoms with Crippen LogP contribution in [-0.4, -0.2) is 50.2 Å².